The number of pyridine rings is 2. The molecular formula is C29H31FN4O2S. The van der Waals surface area contributed by atoms with Crippen molar-refractivity contribution in [3.63, 3.8) is 0 Å². The van der Waals surface area contributed by atoms with E-state index in [4.69, 9.17) is 9.72 Å². The molecule has 37 heavy (non-hydrogen) atoms. The fourth-order valence-electron chi connectivity index (χ4n) is 5.35. The zero-order valence-electron chi connectivity index (χ0n) is 20.7. The first-order valence-corrected chi connectivity index (χ1v) is 14.0. The van der Waals surface area contributed by atoms with Gasteiger partial charge in [-0.05, 0) is 61.9 Å². The number of alkyl halides is 1. The molecule has 2 fully saturated rings. The van der Waals surface area contributed by atoms with Gasteiger partial charge in [-0.25, -0.2) is 14.4 Å². The Labute approximate surface area is 220 Å². The van der Waals surface area contributed by atoms with E-state index in [1.165, 1.54) is 6.42 Å². The minimum absolute atomic E-state index is 0.209. The number of piperidine rings is 1. The fourth-order valence-corrected chi connectivity index (χ4v) is 6.44. The Morgan fingerprint density at radius 2 is 1.76 bits per heavy atom. The second kappa shape index (κ2) is 10.7. The Bertz CT molecular complexity index is 1370. The molecule has 1 aliphatic carbocycles. The van der Waals surface area contributed by atoms with E-state index in [2.05, 4.69) is 14.9 Å². The summed E-state index contributed by atoms with van der Waals surface area (Å²) in [5, 5.41) is 11.4. The summed E-state index contributed by atoms with van der Waals surface area (Å²) >= 11 is 1.68. The van der Waals surface area contributed by atoms with E-state index in [0.717, 1.165) is 63.7 Å². The van der Waals surface area contributed by atoms with Crippen molar-refractivity contribution in [3.05, 3.63) is 59.9 Å². The maximum absolute atomic E-state index is 13.6. The summed E-state index contributed by atoms with van der Waals surface area (Å²) in [5.74, 6) is 2.62. The summed E-state index contributed by atoms with van der Waals surface area (Å²) in [7, 11) is 0. The maximum Gasteiger partial charge on any atom is 0.131 e. The summed E-state index contributed by atoms with van der Waals surface area (Å²) in [5.41, 5.74) is 2.72. The van der Waals surface area contributed by atoms with Crippen LogP contribution < -0.4 is 9.64 Å². The minimum Gasteiger partial charge on any atom is -0.457 e. The highest BCUT2D eigenvalue weighted by molar-refractivity contribution is 7.18. The number of halogens is 1. The van der Waals surface area contributed by atoms with Crippen LogP contribution in [0, 0.1) is 5.92 Å². The number of anilines is 1. The van der Waals surface area contributed by atoms with Crippen LogP contribution in [0.3, 0.4) is 0 Å². The lowest BCUT2D eigenvalue weighted by Gasteiger charge is -2.29. The molecule has 0 unspecified atom stereocenters. The highest BCUT2D eigenvalue weighted by Crippen LogP contribution is 2.34. The fraction of sp³-hybridized carbons (Fsp3) is 0.414. The molecule has 4 aromatic rings. The lowest BCUT2D eigenvalue weighted by atomic mass is 9.84. The molecule has 0 spiro atoms. The molecule has 6 nitrogen and oxygen atoms in total. The second-order valence-corrected chi connectivity index (χ2v) is 11.2. The molecule has 192 valence electrons. The van der Waals surface area contributed by atoms with Gasteiger partial charge >= 0.3 is 0 Å². The molecule has 8 heteroatoms. The van der Waals surface area contributed by atoms with Gasteiger partial charge < -0.3 is 14.7 Å². The van der Waals surface area contributed by atoms with Gasteiger partial charge in [-0.1, -0.05) is 12.8 Å². The number of rotatable bonds is 6. The second-order valence-electron chi connectivity index (χ2n) is 10.1. The van der Waals surface area contributed by atoms with Crippen LogP contribution in [0.25, 0.3) is 21.5 Å². The van der Waals surface area contributed by atoms with Crippen molar-refractivity contribution in [2.24, 2.45) is 5.92 Å². The third-order valence-corrected chi connectivity index (χ3v) is 8.51. The lowest BCUT2D eigenvalue weighted by molar-refractivity contribution is 0.0700. The Balaban J connectivity index is 1.17. The Morgan fingerprint density at radius 1 is 0.946 bits per heavy atom. The number of thiazole rings is 1. The molecule has 3 aromatic heterocycles. The smallest absolute Gasteiger partial charge is 0.131 e. The van der Waals surface area contributed by atoms with Crippen LogP contribution in [0.1, 0.15) is 43.5 Å². The maximum atomic E-state index is 13.6. The summed E-state index contributed by atoms with van der Waals surface area (Å²) in [6.07, 6.45) is 8.82. The normalized spacial score (nSPS) is 20.9. The summed E-state index contributed by atoms with van der Waals surface area (Å²) in [6, 6.07) is 13.7. The van der Waals surface area contributed by atoms with Gasteiger partial charge in [0.15, 0.2) is 0 Å². The quantitative estimate of drug-likeness (QED) is 0.311. The summed E-state index contributed by atoms with van der Waals surface area (Å²) in [4.78, 5) is 16.0. The number of benzene rings is 1. The first kappa shape index (κ1) is 24.2. The van der Waals surface area contributed by atoms with E-state index in [-0.39, 0.29) is 6.10 Å². The van der Waals surface area contributed by atoms with Crippen molar-refractivity contribution in [3.8, 4) is 22.8 Å². The van der Waals surface area contributed by atoms with Crippen molar-refractivity contribution in [2.75, 3.05) is 18.0 Å². The molecule has 0 amide bonds. The Hall–Kier alpha value is -3.10. The van der Waals surface area contributed by atoms with Gasteiger partial charge in [0.05, 0.1) is 27.0 Å². The molecule has 1 N–H and O–H groups in total. The van der Waals surface area contributed by atoms with Crippen molar-refractivity contribution in [1.82, 2.24) is 15.0 Å². The summed E-state index contributed by atoms with van der Waals surface area (Å²) < 4.78 is 20.9. The molecule has 4 heterocycles. The molecule has 2 aliphatic rings. The third-order valence-electron chi connectivity index (χ3n) is 7.47. The molecule has 1 aliphatic heterocycles. The van der Waals surface area contributed by atoms with Crippen molar-refractivity contribution in [1.29, 1.82) is 0 Å². The van der Waals surface area contributed by atoms with E-state index >= 15 is 0 Å². The van der Waals surface area contributed by atoms with Crippen LogP contribution in [-0.2, 0) is 6.42 Å². The average molecular weight is 519 g/mol. The van der Waals surface area contributed by atoms with Crippen molar-refractivity contribution in [2.45, 2.75) is 57.2 Å². The third kappa shape index (κ3) is 5.60. The molecule has 2 atom stereocenters. The number of aliphatic hydroxyl groups is 1. The van der Waals surface area contributed by atoms with E-state index in [1.807, 2.05) is 42.5 Å². The number of ether oxygens (including phenoxy) is 1. The van der Waals surface area contributed by atoms with Gasteiger partial charge in [0.25, 0.3) is 0 Å². The monoisotopic (exact) mass is 518 g/mol. The van der Waals surface area contributed by atoms with E-state index < -0.39 is 6.17 Å². The van der Waals surface area contributed by atoms with Crippen LogP contribution in [-0.4, -0.2) is 45.4 Å². The Kier molecular flexibility index (Phi) is 7.02. The van der Waals surface area contributed by atoms with Gasteiger partial charge in [-0.2, -0.15) is 0 Å². The standard InChI is InChI=1S/C29H31FN4O2S/c30-21-9-13-34(14-10-21)28-15-19(7-11-32-28)25-17-23(8-12-31-25)36-22-5-6-24-27(18-22)37-29(33-24)16-20-3-1-2-4-26(20)35/h5-8,11-12,15,17-18,20-21,26,35H,1-4,9-10,13-14,16H2/t20-,26+/m0/s1. The molecule has 0 radical (unpaired) electrons. The number of hydrogen-bond donors (Lipinski definition) is 1. The Morgan fingerprint density at radius 3 is 2.62 bits per heavy atom. The molecule has 0 bridgehead atoms. The van der Waals surface area contributed by atoms with Gasteiger partial charge in [0.1, 0.15) is 23.5 Å². The molecule has 1 aromatic carbocycles. The van der Waals surface area contributed by atoms with E-state index in [1.54, 1.807) is 23.7 Å². The van der Waals surface area contributed by atoms with Gasteiger partial charge in [-0.15, -0.1) is 11.3 Å². The largest absolute Gasteiger partial charge is 0.457 e. The lowest BCUT2D eigenvalue weighted by Crippen LogP contribution is -2.34. The van der Waals surface area contributed by atoms with E-state index in [9.17, 15) is 9.50 Å². The number of aromatic nitrogens is 3. The number of fused-ring (bicyclic) bond motifs is 1. The summed E-state index contributed by atoms with van der Waals surface area (Å²) in [6.45, 7) is 1.36. The van der Waals surface area contributed by atoms with Gasteiger partial charge in [-0.3, -0.25) is 4.98 Å². The minimum atomic E-state index is -0.713. The first-order valence-electron chi connectivity index (χ1n) is 13.2. The van der Waals surface area contributed by atoms with Crippen LogP contribution in [0.5, 0.6) is 11.5 Å². The highest BCUT2D eigenvalue weighted by atomic mass is 32.1. The van der Waals surface area contributed by atoms with Crippen molar-refractivity contribution >= 4 is 27.4 Å². The van der Waals surface area contributed by atoms with Crippen LogP contribution in [0.2, 0.25) is 0 Å². The van der Waals surface area contributed by atoms with E-state index in [0.29, 0.717) is 37.6 Å². The highest BCUT2D eigenvalue weighted by Gasteiger charge is 2.24. The van der Waals surface area contributed by atoms with Crippen LogP contribution in [0.4, 0.5) is 10.2 Å². The molecule has 6 rings (SSSR count). The molecular weight excluding hydrogens is 487 g/mol. The average Bonchev–Trinajstić information content (AvgIpc) is 3.32. The van der Waals surface area contributed by atoms with Gasteiger partial charge in [0.2, 0.25) is 0 Å². The van der Waals surface area contributed by atoms with Crippen molar-refractivity contribution < 1.29 is 14.2 Å². The number of nitrogens with zero attached hydrogens (tertiary/aromatic N) is 4. The SMILES string of the molecule is O[C@@H]1CCCC[C@H]1Cc1nc2ccc(Oc3ccnc(-c4ccnc(N5CCC(F)CC5)c4)c3)cc2s1. The predicted octanol–water partition coefficient (Wildman–Crippen LogP) is 6.58. The first-order chi connectivity index (χ1) is 18.1. The number of aliphatic hydroxyl groups excluding tert-OH is 1. The zero-order chi connectivity index (χ0) is 25.2. The molecule has 1 saturated heterocycles. The predicted molar refractivity (Wildman–Crippen MR) is 145 cm³/mol. The topological polar surface area (TPSA) is 71.4 Å². The van der Waals surface area contributed by atoms with Gasteiger partial charge in [0, 0.05) is 49.6 Å². The molecule has 1 saturated carbocycles. The van der Waals surface area contributed by atoms with Crippen LogP contribution in [0.15, 0.2) is 54.9 Å². The van der Waals surface area contributed by atoms with Crippen LogP contribution >= 0.6 is 11.3 Å². The number of hydrogen-bond acceptors (Lipinski definition) is 7. The zero-order valence-corrected chi connectivity index (χ0v) is 21.5.